The highest BCUT2D eigenvalue weighted by Gasteiger charge is 2.18. The number of hydrogen-bond acceptors (Lipinski definition) is 2. The number of benzene rings is 2. The number of halogens is 2. The molecule has 5 heteroatoms. The monoisotopic (exact) mass is 458 g/mol. The third kappa shape index (κ3) is 4.52. The number of hydrogen-bond donors (Lipinski definition) is 1. The SMILES string of the molecule is NCCN(Cc1ccccc1)C(=O)c1cc(I)ccc1Br. The lowest BCUT2D eigenvalue weighted by atomic mass is 10.1. The van der Waals surface area contributed by atoms with Gasteiger partial charge in [0.25, 0.3) is 5.91 Å². The molecule has 0 aromatic heterocycles. The van der Waals surface area contributed by atoms with E-state index in [9.17, 15) is 4.79 Å². The zero-order valence-electron chi connectivity index (χ0n) is 11.4. The summed E-state index contributed by atoms with van der Waals surface area (Å²) in [5.41, 5.74) is 7.43. The molecule has 0 aliphatic rings. The maximum absolute atomic E-state index is 12.7. The number of carbonyl (C=O) groups is 1. The summed E-state index contributed by atoms with van der Waals surface area (Å²) in [6, 6.07) is 15.7. The van der Waals surface area contributed by atoms with Crippen LogP contribution in [0.3, 0.4) is 0 Å². The van der Waals surface area contributed by atoms with Gasteiger partial charge in [0.2, 0.25) is 0 Å². The van der Waals surface area contributed by atoms with Crippen LogP contribution in [0.25, 0.3) is 0 Å². The van der Waals surface area contributed by atoms with Gasteiger partial charge in [-0.3, -0.25) is 4.79 Å². The van der Waals surface area contributed by atoms with Gasteiger partial charge in [0.1, 0.15) is 0 Å². The fourth-order valence-corrected chi connectivity index (χ4v) is 2.95. The van der Waals surface area contributed by atoms with Crippen molar-refractivity contribution >= 4 is 44.4 Å². The third-order valence-electron chi connectivity index (χ3n) is 3.06. The predicted octanol–water partition coefficient (Wildman–Crippen LogP) is 3.65. The van der Waals surface area contributed by atoms with Crippen molar-refractivity contribution in [2.24, 2.45) is 5.73 Å². The third-order valence-corrected chi connectivity index (χ3v) is 4.42. The van der Waals surface area contributed by atoms with Gasteiger partial charge >= 0.3 is 0 Å². The standard InChI is InChI=1S/C16H16BrIN2O/c17-15-7-6-13(18)10-14(15)16(21)20(9-8-19)11-12-4-2-1-3-5-12/h1-7,10H,8-9,11,19H2. The Balaban J connectivity index is 2.25. The first-order valence-electron chi connectivity index (χ1n) is 6.60. The normalized spacial score (nSPS) is 10.4. The molecule has 0 aliphatic heterocycles. The van der Waals surface area contributed by atoms with E-state index in [1.807, 2.05) is 48.5 Å². The Morgan fingerprint density at radius 2 is 1.90 bits per heavy atom. The van der Waals surface area contributed by atoms with Gasteiger partial charge in [-0.15, -0.1) is 0 Å². The molecule has 1 amide bonds. The molecular weight excluding hydrogens is 443 g/mol. The van der Waals surface area contributed by atoms with Crippen molar-refractivity contribution in [3.8, 4) is 0 Å². The van der Waals surface area contributed by atoms with Crippen molar-refractivity contribution < 1.29 is 4.79 Å². The van der Waals surface area contributed by atoms with E-state index in [0.717, 1.165) is 13.6 Å². The molecule has 3 nitrogen and oxygen atoms in total. The summed E-state index contributed by atoms with van der Waals surface area (Å²) >= 11 is 5.66. The highest BCUT2D eigenvalue weighted by Crippen LogP contribution is 2.22. The van der Waals surface area contributed by atoms with E-state index < -0.39 is 0 Å². The molecule has 0 heterocycles. The number of nitrogens with zero attached hydrogens (tertiary/aromatic N) is 1. The van der Waals surface area contributed by atoms with Crippen LogP contribution in [0, 0.1) is 3.57 Å². The van der Waals surface area contributed by atoms with Gasteiger partial charge in [0.15, 0.2) is 0 Å². The molecular formula is C16H16BrIN2O. The van der Waals surface area contributed by atoms with E-state index in [4.69, 9.17) is 5.73 Å². The molecule has 0 aliphatic carbocycles. The lowest BCUT2D eigenvalue weighted by molar-refractivity contribution is 0.0747. The smallest absolute Gasteiger partial charge is 0.255 e. The first-order chi connectivity index (χ1) is 10.1. The predicted molar refractivity (Wildman–Crippen MR) is 97.1 cm³/mol. The van der Waals surface area contributed by atoms with Crippen molar-refractivity contribution in [2.75, 3.05) is 13.1 Å². The van der Waals surface area contributed by atoms with Crippen molar-refractivity contribution in [3.05, 3.63) is 67.7 Å². The van der Waals surface area contributed by atoms with Crippen molar-refractivity contribution in [2.45, 2.75) is 6.54 Å². The molecule has 2 aromatic carbocycles. The number of carbonyl (C=O) groups excluding carboxylic acids is 1. The Morgan fingerprint density at radius 1 is 1.19 bits per heavy atom. The largest absolute Gasteiger partial charge is 0.333 e. The van der Waals surface area contributed by atoms with E-state index in [0.29, 0.717) is 25.2 Å². The lowest BCUT2D eigenvalue weighted by Crippen LogP contribution is -2.35. The quantitative estimate of drug-likeness (QED) is 0.695. The van der Waals surface area contributed by atoms with Crippen LogP contribution in [0.1, 0.15) is 15.9 Å². The molecule has 0 radical (unpaired) electrons. The maximum Gasteiger partial charge on any atom is 0.255 e. The van der Waals surface area contributed by atoms with Crippen LogP contribution in [0.4, 0.5) is 0 Å². The number of nitrogens with two attached hydrogens (primary N) is 1. The van der Waals surface area contributed by atoms with Crippen LogP contribution in [-0.2, 0) is 6.54 Å². The van der Waals surface area contributed by atoms with Crippen molar-refractivity contribution in [1.82, 2.24) is 4.90 Å². The highest BCUT2D eigenvalue weighted by molar-refractivity contribution is 14.1. The van der Waals surface area contributed by atoms with E-state index in [2.05, 4.69) is 38.5 Å². The maximum atomic E-state index is 12.7. The van der Waals surface area contributed by atoms with Crippen LogP contribution < -0.4 is 5.73 Å². The molecule has 21 heavy (non-hydrogen) atoms. The second-order valence-corrected chi connectivity index (χ2v) is 6.73. The molecule has 0 spiro atoms. The van der Waals surface area contributed by atoms with Crippen molar-refractivity contribution in [3.63, 3.8) is 0 Å². The van der Waals surface area contributed by atoms with E-state index >= 15 is 0 Å². The second-order valence-electron chi connectivity index (χ2n) is 4.63. The summed E-state index contributed by atoms with van der Waals surface area (Å²) in [7, 11) is 0. The fourth-order valence-electron chi connectivity index (χ4n) is 2.04. The first-order valence-corrected chi connectivity index (χ1v) is 8.47. The minimum Gasteiger partial charge on any atom is -0.333 e. The topological polar surface area (TPSA) is 46.3 Å². The Labute approximate surface area is 146 Å². The zero-order valence-corrected chi connectivity index (χ0v) is 15.2. The second kappa shape index (κ2) is 7.91. The minimum atomic E-state index is -0.00491. The average molecular weight is 459 g/mol. The van der Waals surface area contributed by atoms with E-state index in [1.165, 1.54) is 0 Å². The van der Waals surface area contributed by atoms with Crippen LogP contribution in [0.2, 0.25) is 0 Å². The Hall–Kier alpha value is -0.920. The first kappa shape index (κ1) is 16.5. The van der Waals surface area contributed by atoms with Crippen LogP contribution in [0.15, 0.2) is 53.0 Å². The summed E-state index contributed by atoms with van der Waals surface area (Å²) in [5.74, 6) is -0.00491. The molecule has 0 atom stereocenters. The van der Waals surface area contributed by atoms with Gasteiger partial charge in [0.05, 0.1) is 5.56 Å². The van der Waals surface area contributed by atoms with E-state index in [1.54, 1.807) is 4.90 Å². The van der Waals surface area contributed by atoms with Gasteiger partial charge in [0, 0.05) is 27.7 Å². The number of amides is 1. The minimum absolute atomic E-state index is 0.00491. The van der Waals surface area contributed by atoms with Crippen LogP contribution >= 0.6 is 38.5 Å². The Bertz CT molecular complexity index is 619. The average Bonchev–Trinajstić information content (AvgIpc) is 2.49. The van der Waals surface area contributed by atoms with Gasteiger partial charge < -0.3 is 10.6 Å². The van der Waals surface area contributed by atoms with Gasteiger partial charge in [-0.1, -0.05) is 30.3 Å². The molecule has 0 saturated carbocycles. The molecule has 2 N–H and O–H groups in total. The van der Waals surface area contributed by atoms with Crippen molar-refractivity contribution in [1.29, 1.82) is 0 Å². The molecule has 2 aromatic rings. The summed E-state index contributed by atoms with van der Waals surface area (Å²) < 4.78 is 1.84. The van der Waals surface area contributed by atoms with Gasteiger partial charge in [-0.25, -0.2) is 0 Å². The lowest BCUT2D eigenvalue weighted by Gasteiger charge is -2.23. The molecule has 0 fully saturated rings. The Kier molecular flexibility index (Phi) is 6.20. The summed E-state index contributed by atoms with van der Waals surface area (Å²) in [6.07, 6.45) is 0. The highest BCUT2D eigenvalue weighted by atomic mass is 127. The molecule has 2 rings (SSSR count). The van der Waals surface area contributed by atoms with E-state index in [-0.39, 0.29) is 5.91 Å². The number of rotatable bonds is 5. The summed E-state index contributed by atoms with van der Waals surface area (Å²) in [6.45, 7) is 1.54. The molecule has 0 unspecified atom stereocenters. The van der Waals surface area contributed by atoms with Gasteiger partial charge in [-0.05, 0) is 62.3 Å². The van der Waals surface area contributed by atoms with Crippen LogP contribution in [0.5, 0.6) is 0 Å². The van der Waals surface area contributed by atoms with Crippen LogP contribution in [-0.4, -0.2) is 23.9 Å². The summed E-state index contributed by atoms with van der Waals surface area (Å²) in [4.78, 5) is 14.5. The molecule has 0 bridgehead atoms. The van der Waals surface area contributed by atoms with Gasteiger partial charge in [-0.2, -0.15) is 0 Å². The Morgan fingerprint density at radius 3 is 2.57 bits per heavy atom. The fraction of sp³-hybridized carbons (Fsp3) is 0.188. The molecule has 110 valence electrons. The summed E-state index contributed by atoms with van der Waals surface area (Å²) in [5, 5.41) is 0. The molecule has 0 saturated heterocycles. The zero-order chi connectivity index (χ0) is 15.2.